The Balaban J connectivity index is 2.01. The third-order valence-electron chi connectivity index (χ3n) is 3.66. The fourth-order valence-electron chi connectivity index (χ4n) is 2.71. The largest absolute Gasteiger partial charge is 0.367 e. The summed E-state index contributed by atoms with van der Waals surface area (Å²) >= 11 is 0. The summed E-state index contributed by atoms with van der Waals surface area (Å²) in [5.74, 6) is -1.67. The standard InChI is InChI=1S/C14H13F2N3O2/c15-11-1-2-12(13(16)3-11)14(4-10(5-20)6-21-14)7-19-9-17-8-18-19/h1-3,5,8-10H,4,6-7H2/t10-,14?/m1/s1. The summed E-state index contributed by atoms with van der Waals surface area (Å²) in [6, 6.07) is 3.35. The van der Waals surface area contributed by atoms with Gasteiger partial charge in [0.15, 0.2) is 0 Å². The van der Waals surface area contributed by atoms with Crippen molar-refractivity contribution in [2.24, 2.45) is 5.92 Å². The van der Waals surface area contributed by atoms with Gasteiger partial charge < -0.3 is 9.53 Å². The zero-order valence-electron chi connectivity index (χ0n) is 11.1. The molecule has 1 aliphatic heterocycles. The van der Waals surface area contributed by atoms with E-state index in [0.717, 1.165) is 12.4 Å². The van der Waals surface area contributed by atoms with Gasteiger partial charge in [0.2, 0.25) is 0 Å². The van der Waals surface area contributed by atoms with Crippen molar-refractivity contribution in [1.82, 2.24) is 14.8 Å². The van der Waals surface area contributed by atoms with Crippen LogP contribution in [0, 0.1) is 17.6 Å². The zero-order valence-corrected chi connectivity index (χ0v) is 11.1. The highest BCUT2D eigenvalue weighted by Gasteiger charge is 2.44. The smallest absolute Gasteiger partial charge is 0.137 e. The number of nitrogens with zero attached hydrogens (tertiary/aromatic N) is 3. The van der Waals surface area contributed by atoms with Gasteiger partial charge >= 0.3 is 0 Å². The predicted molar refractivity (Wildman–Crippen MR) is 68.2 cm³/mol. The van der Waals surface area contributed by atoms with E-state index in [4.69, 9.17) is 4.74 Å². The molecule has 2 aromatic rings. The first-order valence-electron chi connectivity index (χ1n) is 6.50. The first-order valence-corrected chi connectivity index (χ1v) is 6.50. The molecular weight excluding hydrogens is 280 g/mol. The zero-order chi connectivity index (χ0) is 14.9. The number of hydrogen-bond acceptors (Lipinski definition) is 4. The maximum Gasteiger partial charge on any atom is 0.137 e. The maximum absolute atomic E-state index is 14.2. The molecule has 0 radical (unpaired) electrons. The van der Waals surface area contributed by atoms with E-state index in [2.05, 4.69) is 10.1 Å². The van der Waals surface area contributed by atoms with Crippen molar-refractivity contribution in [1.29, 1.82) is 0 Å². The Morgan fingerprint density at radius 2 is 2.33 bits per heavy atom. The van der Waals surface area contributed by atoms with Gasteiger partial charge in [0.25, 0.3) is 0 Å². The highest BCUT2D eigenvalue weighted by molar-refractivity contribution is 5.55. The van der Waals surface area contributed by atoms with Crippen molar-refractivity contribution < 1.29 is 18.3 Å². The van der Waals surface area contributed by atoms with E-state index in [1.54, 1.807) is 0 Å². The lowest BCUT2D eigenvalue weighted by molar-refractivity contribution is -0.111. The highest BCUT2D eigenvalue weighted by atomic mass is 19.1. The number of ether oxygens (including phenoxy) is 1. The predicted octanol–water partition coefficient (Wildman–Crippen LogP) is 1.69. The molecule has 0 N–H and O–H groups in total. The Kier molecular flexibility index (Phi) is 3.50. The summed E-state index contributed by atoms with van der Waals surface area (Å²) in [4.78, 5) is 14.8. The van der Waals surface area contributed by atoms with E-state index in [1.165, 1.54) is 29.5 Å². The Bertz CT molecular complexity index is 648. The Labute approximate surface area is 119 Å². The van der Waals surface area contributed by atoms with Crippen molar-refractivity contribution >= 4 is 6.29 Å². The Morgan fingerprint density at radius 1 is 1.48 bits per heavy atom. The van der Waals surface area contributed by atoms with Crippen LogP contribution < -0.4 is 0 Å². The molecule has 5 nitrogen and oxygen atoms in total. The van der Waals surface area contributed by atoms with Gasteiger partial charge in [-0.1, -0.05) is 6.07 Å². The molecule has 2 atom stereocenters. The molecule has 2 heterocycles. The van der Waals surface area contributed by atoms with Crippen LogP contribution in [-0.4, -0.2) is 27.7 Å². The average Bonchev–Trinajstić information content (AvgIpc) is 3.09. The topological polar surface area (TPSA) is 57.0 Å². The van der Waals surface area contributed by atoms with Gasteiger partial charge in [-0.15, -0.1) is 0 Å². The van der Waals surface area contributed by atoms with Crippen LogP contribution in [0.2, 0.25) is 0 Å². The minimum atomic E-state index is -1.04. The van der Waals surface area contributed by atoms with Crippen LogP contribution in [0.4, 0.5) is 8.78 Å². The van der Waals surface area contributed by atoms with Gasteiger partial charge in [-0.3, -0.25) is 0 Å². The van der Waals surface area contributed by atoms with Crippen LogP contribution >= 0.6 is 0 Å². The lowest BCUT2D eigenvalue weighted by Crippen LogP contribution is -2.32. The van der Waals surface area contributed by atoms with Crippen molar-refractivity contribution in [3.05, 3.63) is 48.1 Å². The molecule has 21 heavy (non-hydrogen) atoms. The van der Waals surface area contributed by atoms with Gasteiger partial charge in [0.05, 0.1) is 13.2 Å². The van der Waals surface area contributed by atoms with Crippen LogP contribution in [0.5, 0.6) is 0 Å². The van der Waals surface area contributed by atoms with Crippen molar-refractivity contribution in [2.45, 2.75) is 18.6 Å². The molecule has 1 aromatic carbocycles. The molecule has 0 aliphatic carbocycles. The number of rotatable bonds is 4. The quantitative estimate of drug-likeness (QED) is 0.805. The molecule has 1 saturated heterocycles. The van der Waals surface area contributed by atoms with Gasteiger partial charge in [0.1, 0.15) is 36.2 Å². The molecule has 1 aliphatic rings. The lowest BCUT2D eigenvalue weighted by atomic mass is 9.87. The monoisotopic (exact) mass is 293 g/mol. The van der Waals surface area contributed by atoms with Crippen LogP contribution in [0.1, 0.15) is 12.0 Å². The van der Waals surface area contributed by atoms with E-state index in [1.807, 2.05) is 0 Å². The van der Waals surface area contributed by atoms with E-state index < -0.39 is 17.2 Å². The number of halogens is 2. The third-order valence-corrected chi connectivity index (χ3v) is 3.66. The van der Waals surface area contributed by atoms with Gasteiger partial charge in [-0.05, 0) is 12.5 Å². The molecule has 1 fully saturated rings. The minimum absolute atomic E-state index is 0.203. The van der Waals surface area contributed by atoms with Crippen LogP contribution in [0.3, 0.4) is 0 Å². The lowest BCUT2D eigenvalue weighted by Gasteiger charge is -2.29. The first-order chi connectivity index (χ1) is 10.1. The molecule has 7 heteroatoms. The van der Waals surface area contributed by atoms with E-state index in [0.29, 0.717) is 6.42 Å². The Hall–Kier alpha value is -2.15. The summed E-state index contributed by atoms with van der Waals surface area (Å²) < 4.78 is 34.5. The van der Waals surface area contributed by atoms with E-state index in [-0.39, 0.29) is 24.6 Å². The molecule has 0 amide bonds. The van der Waals surface area contributed by atoms with Gasteiger partial charge in [-0.2, -0.15) is 5.10 Å². The van der Waals surface area contributed by atoms with Crippen LogP contribution in [-0.2, 0) is 21.7 Å². The molecular formula is C14H13F2N3O2. The Morgan fingerprint density at radius 3 is 2.95 bits per heavy atom. The number of carbonyl (C=O) groups excluding carboxylic acids is 1. The van der Waals surface area contributed by atoms with Crippen molar-refractivity contribution in [2.75, 3.05) is 6.61 Å². The second kappa shape index (κ2) is 5.33. The summed E-state index contributed by atoms with van der Waals surface area (Å²) in [6.07, 6.45) is 3.96. The summed E-state index contributed by atoms with van der Waals surface area (Å²) in [6.45, 7) is 0.412. The number of carbonyl (C=O) groups is 1. The molecule has 0 spiro atoms. The summed E-state index contributed by atoms with van der Waals surface area (Å²) in [7, 11) is 0. The number of benzene rings is 1. The van der Waals surface area contributed by atoms with Crippen molar-refractivity contribution in [3.63, 3.8) is 0 Å². The second-order valence-electron chi connectivity index (χ2n) is 5.12. The van der Waals surface area contributed by atoms with Gasteiger partial charge in [0, 0.05) is 17.5 Å². The average molecular weight is 293 g/mol. The summed E-state index contributed by atoms with van der Waals surface area (Å²) in [5.41, 5.74) is -0.819. The van der Waals surface area contributed by atoms with Gasteiger partial charge in [-0.25, -0.2) is 18.4 Å². The molecule has 0 bridgehead atoms. The molecule has 110 valence electrons. The van der Waals surface area contributed by atoms with E-state index in [9.17, 15) is 13.6 Å². The number of hydrogen-bond donors (Lipinski definition) is 0. The van der Waals surface area contributed by atoms with Crippen LogP contribution in [0.25, 0.3) is 0 Å². The number of aromatic nitrogens is 3. The highest BCUT2D eigenvalue weighted by Crippen LogP contribution is 2.41. The molecule has 3 rings (SSSR count). The maximum atomic E-state index is 14.2. The molecule has 1 unspecified atom stereocenters. The number of aldehydes is 1. The normalized spacial score (nSPS) is 25.1. The fourth-order valence-corrected chi connectivity index (χ4v) is 2.71. The minimum Gasteiger partial charge on any atom is -0.367 e. The third kappa shape index (κ3) is 2.56. The van der Waals surface area contributed by atoms with E-state index >= 15 is 0 Å². The van der Waals surface area contributed by atoms with Crippen molar-refractivity contribution in [3.8, 4) is 0 Å². The molecule has 0 saturated carbocycles. The van der Waals surface area contributed by atoms with Crippen LogP contribution in [0.15, 0.2) is 30.9 Å². The summed E-state index contributed by atoms with van der Waals surface area (Å²) in [5, 5.41) is 3.99. The first kappa shape index (κ1) is 13.8. The fraction of sp³-hybridized carbons (Fsp3) is 0.357. The SMILES string of the molecule is O=C[C@@H]1COC(Cn2cncn2)(c2ccc(F)cc2F)C1. The molecule has 1 aromatic heterocycles. The second-order valence-corrected chi connectivity index (χ2v) is 5.12.